The quantitative estimate of drug-likeness (QED) is 0.341. The van der Waals surface area contributed by atoms with Crippen molar-refractivity contribution in [1.29, 1.82) is 5.26 Å². The predicted octanol–water partition coefficient (Wildman–Crippen LogP) is 4.25. The molecular formula is C24H23ClFN7. The average Bonchev–Trinajstić information content (AvgIpc) is 3.35. The molecule has 1 aliphatic rings. The zero-order valence-electron chi connectivity index (χ0n) is 18.2. The van der Waals surface area contributed by atoms with E-state index in [0.717, 1.165) is 77.9 Å². The molecule has 168 valence electrons. The van der Waals surface area contributed by atoms with Crippen LogP contribution in [0.25, 0.3) is 16.8 Å². The molecule has 1 N–H and O–H groups in total. The Morgan fingerprint density at radius 2 is 2.18 bits per heavy atom. The fourth-order valence-corrected chi connectivity index (χ4v) is 4.88. The summed E-state index contributed by atoms with van der Waals surface area (Å²) in [6.45, 7) is 2.87. The van der Waals surface area contributed by atoms with Crippen molar-refractivity contribution in [2.24, 2.45) is 0 Å². The van der Waals surface area contributed by atoms with Crippen molar-refractivity contribution in [3.8, 4) is 17.5 Å². The third kappa shape index (κ3) is 4.16. The Morgan fingerprint density at radius 1 is 1.30 bits per heavy atom. The van der Waals surface area contributed by atoms with Gasteiger partial charge in [0.05, 0.1) is 28.6 Å². The van der Waals surface area contributed by atoms with Gasteiger partial charge in [0, 0.05) is 42.2 Å². The maximum atomic E-state index is 13.1. The lowest BCUT2D eigenvalue weighted by atomic mass is 9.98. The van der Waals surface area contributed by atoms with Crippen LogP contribution >= 0.6 is 11.6 Å². The molecule has 0 saturated heterocycles. The smallest absolute Gasteiger partial charge is 0.176 e. The van der Waals surface area contributed by atoms with Crippen LogP contribution in [0.2, 0.25) is 5.02 Å². The van der Waals surface area contributed by atoms with Crippen molar-refractivity contribution in [1.82, 2.24) is 29.7 Å². The maximum Gasteiger partial charge on any atom is 0.176 e. The number of pyridine rings is 2. The lowest BCUT2D eigenvalue weighted by Crippen LogP contribution is -2.33. The van der Waals surface area contributed by atoms with Crippen molar-refractivity contribution in [3.05, 3.63) is 70.1 Å². The number of halogens is 2. The molecule has 0 spiro atoms. The second-order valence-corrected chi connectivity index (χ2v) is 8.86. The number of aromatic nitrogens is 5. The van der Waals surface area contributed by atoms with Gasteiger partial charge in [-0.3, -0.25) is 9.67 Å². The molecule has 0 bridgehead atoms. The van der Waals surface area contributed by atoms with Gasteiger partial charge in [0.1, 0.15) is 5.82 Å². The molecule has 0 amide bonds. The van der Waals surface area contributed by atoms with Gasteiger partial charge in [0.15, 0.2) is 6.19 Å². The highest BCUT2D eigenvalue weighted by Gasteiger charge is 2.24. The number of fused-ring (bicyclic) bond motifs is 2. The van der Waals surface area contributed by atoms with Crippen LogP contribution < -0.4 is 5.32 Å². The van der Waals surface area contributed by atoms with Gasteiger partial charge in [0.2, 0.25) is 0 Å². The van der Waals surface area contributed by atoms with Gasteiger partial charge >= 0.3 is 0 Å². The standard InChI is InChI=1S/C24H23ClFN7/c1-15-22-10-20(29-14-27)7-8-32(22)31-23(15)17-9-16(24-21(25)12-30-33(24)13-17)3-2-4-19-6-5-18(26)11-28-19/h5-6,9,11-13,20,29H,2-4,7-8,10H2,1H3. The van der Waals surface area contributed by atoms with Gasteiger partial charge in [0.25, 0.3) is 0 Å². The van der Waals surface area contributed by atoms with E-state index in [0.29, 0.717) is 5.02 Å². The highest BCUT2D eigenvalue weighted by Crippen LogP contribution is 2.32. The minimum Gasteiger partial charge on any atom is -0.320 e. The molecule has 9 heteroatoms. The van der Waals surface area contributed by atoms with E-state index in [1.54, 1.807) is 12.3 Å². The van der Waals surface area contributed by atoms with Crippen LogP contribution in [0.3, 0.4) is 0 Å². The third-order valence-corrected chi connectivity index (χ3v) is 6.58. The maximum absolute atomic E-state index is 13.1. The Bertz CT molecular complexity index is 1350. The van der Waals surface area contributed by atoms with Crippen LogP contribution in [0.1, 0.15) is 35.4 Å². The number of nitriles is 1. The van der Waals surface area contributed by atoms with Crippen molar-refractivity contribution in [2.45, 2.75) is 51.6 Å². The lowest BCUT2D eigenvalue weighted by molar-refractivity contribution is 0.410. The first-order chi connectivity index (χ1) is 16.0. The second-order valence-electron chi connectivity index (χ2n) is 8.45. The minimum atomic E-state index is -0.327. The molecule has 33 heavy (non-hydrogen) atoms. The Balaban J connectivity index is 1.45. The summed E-state index contributed by atoms with van der Waals surface area (Å²) in [6, 6.07) is 5.46. The number of hydrogen-bond acceptors (Lipinski definition) is 5. The molecule has 7 nitrogen and oxygen atoms in total. The molecule has 0 aromatic carbocycles. The van der Waals surface area contributed by atoms with Gasteiger partial charge in [-0.25, -0.2) is 8.91 Å². The van der Waals surface area contributed by atoms with Crippen LogP contribution in [0, 0.1) is 24.2 Å². The van der Waals surface area contributed by atoms with Crippen LogP contribution in [0.4, 0.5) is 4.39 Å². The summed E-state index contributed by atoms with van der Waals surface area (Å²) in [5.74, 6) is -0.327. The van der Waals surface area contributed by atoms with Gasteiger partial charge in [-0.05, 0) is 61.9 Å². The Hall–Kier alpha value is -3.44. The summed E-state index contributed by atoms with van der Waals surface area (Å²) in [5, 5.41) is 21.8. The Labute approximate surface area is 195 Å². The normalized spacial score (nSPS) is 15.4. The number of rotatable bonds is 6. The molecule has 4 aromatic heterocycles. The Morgan fingerprint density at radius 3 is 2.97 bits per heavy atom. The van der Waals surface area contributed by atoms with E-state index in [1.165, 1.54) is 12.3 Å². The highest BCUT2D eigenvalue weighted by atomic mass is 35.5. The topological polar surface area (TPSA) is 83.8 Å². The largest absolute Gasteiger partial charge is 0.320 e. The molecule has 5 heterocycles. The third-order valence-electron chi connectivity index (χ3n) is 6.31. The summed E-state index contributed by atoms with van der Waals surface area (Å²) in [7, 11) is 0. The number of nitrogens with one attached hydrogen (secondary N) is 1. The SMILES string of the molecule is Cc1c(-c2cc(CCCc3ccc(F)cn3)c3c(Cl)cnn3c2)nn2c1CC(NC#N)CC2. The second kappa shape index (κ2) is 8.83. The van der Waals surface area contributed by atoms with Gasteiger partial charge in [-0.15, -0.1) is 0 Å². The van der Waals surface area contributed by atoms with E-state index in [2.05, 4.69) is 39.3 Å². The minimum absolute atomic E-state index is 0.147. The molecule has 0 fully saturated rings. The molecule has 0 radical (unpaired) electrons. The molecule has 4 aromatic rings. The van der Waals surface area contributed by atoms with Crippen LogP contribution in [0.15, 0.2) is 36.8 Å². The van der Waals surface area contributed by atoms with Gasteiger partial charge in [-0.1, -0.05) is 11.6 Å². The van der Waals surface area contributed by atoms with Gasteiger partial charge < -0.3 is 5.32 Å². The molecule has 5 rings (SSSR count). The molecule has 0 saturated carbocycles. The first-order valence-electron chi connectivity index (χ1n) is 11.0. The lowest BCUT2D eigenvalue weighted by Gasteiger charge is -2.22. The first-order valence-corrected chi connectivity index (χ1v) is 11.4. The van der Waals surface area contributed by atoms with Crippen molar-refractivity contribution in [2.75, 3.05) is 0 Å². The first kappa shape index (κ1) is 21.4. The van der Waals surface area contributed by atoms with Crippen molar-refractivity contribution in [3.63, 3.8) is 0 Å². The van der Waals surface area contributed by atoms with E-state index in [-0.39, 0.29) is 11.9 Å². The summed E-state index contributed by atoms with van der Waals surface area (Å²) >= 11 is 6.46. The van der Waals surface area contributed by atoms with E-state index < -0.39 is 0 Å². The Kier molecular flexibility index (Phi) is 5.73. The number of nitrogens with zero attached hydrogens (tertiary/aromatic N) is 6. The predicted molar refractivity (Wildman–Crippen MR) is 123 cm³/mol. The molecule has 1 unspecified atom stereocenters. The molecular weight excluding hydrogens is 441 g/mol. The molecule has 0 aliphatic carbocycles. The van der Waals surface area contributed by atoms with Crippen LogP contribution in [0.5, 0.6) is 0 Å². The summed E-state index contributed by atoms with van der Waals surface area (Å²) in [6.07, 6.45) is 11.0. The van der Waals surface area contributed by atoms with E-state index >= 15 is 0 Å². The van der Waals surface area contributed by atoms with Gasteiger partial charge in [-0.2, -0.15) is 15.5 Å². The fourth-order valence-electron chi connectivity index (χ4n) is 4.63. The highest BCUT2D eigenvalue weighted by molar-refractivity contribution is 6.34. The van der Waals surface area contributed by atoms with Crippen molar-refractivity contribution >= 4 is 17.1 Å². The monoisotopic (exact) mass is 463 g/mol. The van der Waals surface area contributed by atoms with Crippen molar-refractivity contribution < 1.29 is 4.39 Å². The fraction of sp³-hybridized carbons (Fsp3) is 0.333. The van der Waals surface area contributed by atoms with E-state index in [9.17, 15) is 4.39 Å². The number of aryl methyl sites for hydroxylation is 3. The summed E-state index contributed by atoms with van der Waals surface area (Å²) in [4.78, 5) is 4.16. The molecule has 1 aliphatic heterocycles. The van der Waals surface area contributed by atoms with Crippen LogP contribution in [-0.4, -0.2) is 30.4 Å². The average molecular weight is 464 g/mol. The van der Waals surface area contributed by atoms with E-state index in [4.69, 9.17) is 22.0 Å². The zero-order valence-corrected chi connectivity index (χ0v) is 19.0. The van der Waals surface area contributed by atoms with E-state index in [1.807, 2.05) is 10.7 Å². The van der Waals surface area contributed by atoms with Crippen LogP contribution in [-0.2, 0) is 25.8 Å². The summed E-state index contributed by atoms with van der Waals surface area (Å²) < 4.78 is 17.0. The summed E-state index contributed by atoms with van der Waals surface area (Å²) in [5.41, 5.74) is 7.05. The zero-order chi connectivity index (χ0) is 22.9. The number of hydrogen-bond donors (Lipinski definition) is 1. The molecule has 1 atom stereocenters.